The zero-order valence-corrected chi connectivity index (χ0v) is 14.2. The number of carbonyl (C=O) groups is 1. The molecule has 1 fully saturated rings. The van der Waals surface area contributed by atoms with Gasteiger partial charge in [-0.1, -0.05) is 12.1 Å². The van der Waals surface area contributed by atoms with Gasteiger partial charge in [0.05, 0.1) is 11.9 Å². The van der Waals surface area contributed by atoms with Crippen molar-refractivity contribution in [2.75, 3.05) is 26.2 Å². The van der Waals surface area contributed by atoms with Gasteiger partial charge in [-0.3, -0.25) is 9.78 Å². The SMILES string of the molecule is O=C(c1cnccn1)N1CCN(S(=O)(=O)Cc2ccc(F)cc2)CC1. The van der Waals surface area contributed by atoms with E-state index in [1.54, 1.807) is 4.90 Å². The van der Waals surface area contributed by atoms with Crippen molar-refractivity contribution < 1.29 is 17.6 Å². The maximum Gasteiger partial charge on any atom is 0.274 e. The standard InChI is InChI=1S/C16H17FN4O3S/c17-14-3-1-13(2-4-14)12-25(23,24)21-9-7-20(8-10-21)16(22)15-11-18-5-6-19-15/h1-6,11H,7-10,12H2. The number of hydrogen-bond acceptors (Lipinski definition) is 5. The summed E-state index contributed by atoms with van der Waals surface area (Å²) >= 11 is 0. The van der Waals surface area contributed by atoms with E-state index in [1.807, 2.05) is 0 Å². The number of carbonyl (C=O) groups excluding carboxylic acids is 1. The van der Waals surface area contributed by atoms with Crippen molar-refractivity contribution in [1.29, 1.82) is 0 Å². The fourth-order valence-electron chi connectivity index (χ4n) is 2.62. The summed E-state index contributed by atoms with van der Waals surface area (Å²) in [7, 11) is -3.52. The number of aromatic nitrogens is 2. The normalized spacial score (nSPS) is 16.0. The molecular formula is C16H17FN4O3S. The van der Waals surface area contributed by atoms with E-state index < -0.39 is 15.8 Å². The Morgan fingerprint density at radius 1 is 1.08 bits per heavy atom. The van der Waals surface area contributed by atoms with Crippen LogP contribution in [0.5, 0.6) is 0 Å². The minimum Gasteiger partial charge on any atom is -0.335 e. The zero-order valence-electron chi connectivity index (χ0n) is 13.4. The molecule has 0 radical (unpaired) electrons. The average Bonchev–Trinajstić information content (AvgIpc) is 2.64. The summed E-state index contributed by atoms with van der Waals surface area (Å²) in [5.74, 6) is -0.855. The third-order valence-corrected chi connectivity index (χ3v) is 5.81. The molecule has 0 unspecified atom stereocenters. The topological polar surface area (TPSA) is 83.5 Å². The molecule has 1 aliphatic rings. The Morgan fingerprint density at radius 3 is 2.36 bits per heavy atom. The molecule has 0 bridgehead atoms. The number of amides is 1. The maximum absolute atomic E-state index is 12.9. The number of benzene rings is 1. The van der Waals surface area contributed by atoms with Gasteiger partial charge in [0.15, 0.2) is 0 Å². The Morgan fingerprint density at radius 2 is 1.76 bits per heavy atom. The maximum atomic E-state index is 12.9. The second-order valence-electron chi connectivity index (χ2n) is 5.66. The fourth-order valence-corrected chi connectivity index (χ4v) is 4.14. The van der Waals surface area contributed by atoms with Gasteiger partial charge in [0.25, 0.3) is 5.91 Å². The van der Waals surface area contributed by atoms with E-state index in [0.717, 1.165) is 0 Å². The van der Waals surface area contributed by atoms with E-state index in [0.29, 0.717) is 5.56 Å². The van der Waals surface area contributed by atoms with Crippen molar-refractivity contribution >= 4 is 15.9 Å². The minimum atomic E-state index is -3.52. The number of halogens is 1. The van der Waals surface area contributed by atoms with Gasteiger partial charge < -0.3 is 4.90 Å². The predicted octanol–water partition coefficient (Wildman–Crippen LogP) is 0.903. The van der Waals surface area contributed by atoms with Crippen molar-refractivity contribution in [3.63, 3.8) is 0 Å². The zero-order chi connectivity index (χ0) is 17.9. The van der Waals surface area contributed by atoms with Crippen LogP contribution in [0.2, 0.25) is 0 Å². The summed E-state index contributed by atoms with van der Waals surface area (Å²) in [5, 5.41) is 0. The van der Waals surface area contributed by atoms with Crippen LogP contribution in [0.1, 0.15) is 16.1 Å². The molecule has 7 nitrogen and oxygen atoms in total. The molecule has 0 saturated carbocycles. The van der Waals surface area contributed by atoms with Crippen molar-refractivity contribution in [3.05, 3.63) is 59.9 Å². The molecular weight excluding hydrogens is 347 g/mol. The molecule has 9 heteroatoms. The largest absolute Gasteiger partial charge is 0.335 e. The summed E-state index contributed by atoms with van der Waals surface area (Å²) < 4.78 is 39.3. The molecule has 1 amide bonds. The highest BCUT2D eigenvalue weighted by Gasteiger charge is 2.29. The summed E-state index contributed by atoms with van der Waals surface area (Å²) in [6, 6.07) is 5.40. The van der Waals surface area contributed by atoms with Crippen molar-refractivity contribution in [3.8, 4) is 0 Å². The smallest absolute Gasteiger partial charge is 0.274 e. The van der Waals surface area contributed by atoms with Crippen LogP contribution in [-0.2, 0) is 15.8 Å². The van der Waals surface area contributed by atoms with E-state index in [2.05, 4.69) is 9.97 Å². The third-order valence-electron chi connectivity index (χ3n) is 3.96. The van der Waals surface area contributed by atoms with Gasteiger partial charge >= 0.3 is 0 Å². The van der Waals surface area contributed by atoms with Crippen LogP contribution in [0.15, 0.2) is 42.9 Å². The van der Waals surface area contributed by atoms with Crippen molar-refractivity contribution in [2.24, 2.45) is 0 Å². The molecule has 132 valence electrons. The second-order valence-corrected chi connectivity index (χ2v) is 7.63. The Bertz CT molecular complexity index is 835. The summed E-state index contributed by atoms with van der Waals surface area (Å²) in [6.45, 7) is 1.02. The monoisotopic (exact) mass is 364 g/mol. The molecule has 0 aliphatic carbocycles. The highest BCUT2D eigenvalue weighted by molar-refractivity contribution is 7.88. The number of sulfonamides is 1. The predicted molar refractivity (Wildman–Crippen MR) is 88.5 cm³/mol. The first-order chi connectivity index (χ1) is 12.0. The molecule has 1 saturated heterocycles. The van der Waals surface area contributed by atoms with Crippen LogP contribution in [0.25, 0.3) is 0 Å². The summed E-state index contributed by atoms with van der Waals surface area (Å²) in [4.78, 5) is 21.7. The first kappa shape index (κ1) is 17.4. The quantitative estimate of drug-likeness (QED) is 0.805. The van der Waals surface area contributed by atoms with Gasteiger partial charge in [0, 0.05) is 38.6 Å². The lowest BCUT2D eigenvalue weighted by Gasteiger charge is -2.33. The Labute approximate surface area is 145 Å². The Hall–Kier alpha value is -2.39. The molecule has 1 aromatic carbocycles. The summed E-state index contributed by atoms with van der Waals surface area (Å²) in [6.07, 6.45) is 4.31. The van der Waals surface area contributed by atoms with E-state index in [4.69, 9.17) is 0 Å². The lowest BCUT2D eigenvalue weighted by atomic mass is 10.2. The highest BCUT2D eigenvalue weighted by Crippen LogP contribution is 2.15. The lowest BCUT2D eigenvalue weighted by molar-refractivity contribution is 0.0691. The molecule has 3 rings (SSSR count). The third kappa shape index (κ3) is 4.18. The van der Waals surface area contributed by atoms with Gasteiger partial charge in [-0.25, -0.2) is 17.8 Å². The first-order valence-electron chi connectivity index (χ1n) is 7.73. The van der Waals surface area contributed by atoms with Crippen molar-refractivity contribution in [1.82, 2.24) is 19.2 Å². The molecule has 1 aliphatic heterocycles. The second kappa shape index (κ2) is 7.24. The molecule has 0 N–H and O–H groups in total. The molecule has 25 heavy (non-hydrogen) atoms. The van der Waals surface area contributed by atoms with E-state index >= 15 is 0 Å². The fraction of sp³-hybridized carbons (Fsp3) is 0.312. The highest BCUT2D eigenvalue weighted by atomic mass is 32.2. The van der Waals surface area contributed by atoms with Crippen LogP contribution in [0.4, 0.5) is 4.39 Å². The van der Waals surface area contributed by atoms with Crippen LogP contribution < -0.4 is 0 Å². The van der Waals surface area contributed by atoms with Crippen LogP contribution in [0, 0.1) is 5.82 Å². The van der Waals surface area contributed by atoms with Gasteiger partial charge in [-0.15, -0.1) is 0 Å². The number of rotatable bonds is 4. The number of piperazine rings is 1. The minimum absolute atomic E-state index is 0.189. The molecule has 1 aromatic heterocycles. The molecule has 2 aromatic rings. The summed E-state index contributed by atoms with van der Waals surface area (Å²) in [5.41, 5.74) is 0.768. The van der Waals surface area contributed by atoms with E-state index in [9.17, 15) is 17.6 Å². The van der Waals surface area contributed by atoms with Crippen LogP contribution >= 0.6 is 0 Å². The van der Waals surface area contributed by atoms with Gasteiger partial charge in [0.2, 0.25) is 10.0 Å². The van der Waals surface area contributed by atoms with Crippen LogP contribution in [0.3, 0.4) is 0 Å². The number of hydrogen-bond donors (Lipinski definition) is 0. The van der Waals surface area contributed by atoms with Gasteiger partial charge in [-0.05, 0) is 17.7 Å². The molecule has 0 spiro atoms. The first-order valence-corrected chi connectivity index (χ1v) is 9.34. The van der Waals surface area contributed by atoms with Crippen molar-refractivity contribution in [2.45, 2.75) is 5.75 Å². The van der Waals surface area contributed by atoms with Gasteiger partial charge in [-0.2, -0.15) is 4.31 Å². The Kier molecular flexibility index (Phi) is 5.05. The number of nitrogens with zero attached hydrogens (tertiary/aromatic N) is 4. The van der Waals surface area contributed by atoms with Gasteiger partial charge in [0.1, 0.15) is 11.5 Å². The average molecular weight is 364 g/mol. The Balaban J connectivity index is 1.61. The molecule has 2 heterocycles. The molecule has 0 atom stereocenters. The van der Waals surface area contributed by atoms with E-state index in [1.165, 1.54) is 47.2 Å². The lowest BCUT2D eigenvalue weighted by Crippen LogP contribution is -2.50. The van der Waals surface area contributed by atoms with E-state index in [-0.39, 0.29) is 43.5 Å². The van der Waals surface area contributed by atoms with Crippen LogP contribution in [-0.4, -0.2) is 59.7 Å².